The first-order valence-electron chi connectivity index (χ1n) is 5.52. The highest BCUT2D eigenvalue weighted by atomic mass is 16.3. The Balaban J connectivity index is 2.78. The molecule has 1 atom stereocenters. The maximum Gasteiger partial charge on any atom is 0.0680 e. The van der Waals surface area contributed by atoms with Crippen molar-refractivity contribution in [1.29, 1.82) is 0 Å². The molecule has 0 aliphatic rings. The van der Waals surface area contributed by atoms with E-state index in [0.29, 0.717) is 0 Å². The summed E-state index contributed by atoms with van der Waals surface area (Å²) in [5, 5.41) is 13.7. The van der Waals surface area contributed by atoms with Gasteiger partial charge in [-0.25, -0.2) is 0 Å². The number of aromatic nitrogens is 2. The van der Waals surface area contributed by atoms with Crippen molar-refractivity contribution in [1.82, 2.24) is 9.78 Å². The fourth-order valence-corrected chi connectivity index (χ4v) is 1.46. The fourth-order valence-electron chi connectivity index (χ4n) is 1.46. The third kappa shape index (κ3) is 3.34. The quantitative estimate of drug-likeness (QED) is 0.829. The number of nitrogens with zero attached hydrogens (tertiary/aromatic N) is 2. The van der Waals surface area contributed by atoms with Crippen LogP contribution in [0.1, 0.15) is 45.5 Å². The number of aliphatic hydroxyl groups is 1. The molecule has 0 fully saturated rings. The molecule has 0 saturated carbocycles. The van der Waals surface area contributed by atoms with Crippen LogP contribution in [0, 0.1) is 0 Å². The second-order valence-corrected chi connectivity index (χ2v) is 5.28. The molecule has 0 radical (unpaired) electrons. The summed E-state index contributed by atoms with van der Waals surface area (Å²) in [5.74, 6) is 0. The smallest absolute Gasteiger partial charge is 0.0680 e. The molecule has 3 nitrogen and oxygen atoms in total. The Hall–Kier alpha value is -0.830. The van der Waals surface area contributed by atoms with Crippen molar-refractivity contribution in [2.24, 2.45) is 7.05 Å². The van der Waals surface area contributed by atoms with Gasteiger partial charge in [-0.2, -0.15) is 5.10 Å². The van der Waals surface area contributed by atoms with Gasteiger partial charge >= 0.3 is 0 Å². The van der Waals surface area contributed by atoms with E-state index < -0.39 is 0 Å². The normalized spacial score (nSPS) is 14.3. The third-order valence-corrected chi connectivity index (χ3v) is 2.56. The van der Waals surface area contributed by atoms with Gasteiger partial charge in [-0.3, -0.25) is 4.68 Å². The average molecular weight is 210 g/mol. The molecule has 1 rings (SSSR count). The highest BCUT2D eigenvalue weighted by Crippen LogP contribution is 2.21. The molecule has 0 aliphatic heterocycles. The second kappa shape index (κ2) is 4.35. The van der Waals surface area contributed by atoms with Crippen LogP contribution in [0.3, 0.4) is 0 Å². The van der Waals surface area contributed by atoms with Crippen molar-refractivity contribution in [2.75, 3.05) is 0 Å². The monoisotopic (exact) mass is 210 g/mol. The van der Waals surface area contributed by atoms with E-state index >= 15 is 0 Å². The average Bonchev–Trinajstić information content (AvgIpc) is 2.42. The molecule has 0 bridgehead atoms. The number of hydrogen-bond donors (Lipinski definition) is 1. The van der Waals surface area contributed by atoms with E-state index in [4.69, 9.17) is 0 Å². The first kappa shape index (κ1) is 12.2. The molecule has 0 aliphatic carbocycles. The summed E-state index contributed by atoms with van der Waals surface area (Å²) in [7, 11) is 1.96. The van der Waals surface area contributed by atoms with Crippen LogP contribution in [0.2, 0.25) is 0 Å². The van der Waals surface area contributed by atoms with E-state index in [9.17, 15) is 5.11 Å². The lowest BCUT2D eigenvalue weighted by Crippen LogP contribution is -2.12. The Kier molecular flexibility index (Phi) is 3.55. The Morgan fingerprint density at radius 1 is 1.47 bits per heavy atom. The summed E-state index contributed by atoms with van der Waals surface area (Å²) < 4.78 is 1.92. The van der Waals surface area contributed by atoms with Crippen molar-refractivity contribution in [2.45, 2.75) is 52.1 Å². The van der Waals surface area contributed by atoms with Crippen LogP contribution in [0.25, 0.3) is 0 Å². The molecule has 0 aromatic carbocycles. The molecule has 0 unspecified atom stereocenters. The van der Waals surface area contributed by atoms with Crippen LogP contribution in [-0.2, 0) is 18.9 Å². The van der Waals surface area contributed by atoms with Crippen LogP contribution >= 0.6 is 0 Å². The summed E-state index contributed by atoms with van der Waals surface area (Å²) >= 11 is 0. The van der Waals surface area contributed by atoms with Crippen LogP contribution in [0.4, 0.5) is 0 Å². The van der Waals surface area contributed by atoms with Gasteiger partial charge in [-0.05, 0) is 25.8 Å². The molecule has 1 heterocycles. The van der Waals surface area contributed by atoms with Crippen LogP contribution in [0.15, 0.2) is 6.07 Å². The number of aryl methyl sites for hydroxylation is 2. The lowest BCUT2D eigenvalue weighted by atomic mass is 9.92. The number of hydrogen-bond acceptors (Lipinski definition) is 2. The Labute approximate surface area is 92.1 Å². The lowest BCUT2D eigenvalue weighted by Gasteiger charge is -2.13. The maximum absolute atomic E-state index is 9.24. The zero-order chi connectivity index (χ0) is 11.6. The molecule has 86 valence electrons. The van der Waals surface area contributed by atoms with E-state index in [-0.39, 0.29) is 11.5 Å². The summed E-state index contributed by atoms with van der Waals surface area (Å²) in [6.07, 6.45) is 1.44. The molecule has 1 aromatic heterocycles. The fraction of sp³-hybridized carbons (Fsp3) is 0.750. The van der Waals surface area contributed by atoms with Gasteiger partial charge in [-0.1, -0.05) is 20.8 Å². The summed E-state index contributed by atoms with van der Waals surface area (Å²) in [4.78, 5) is 0. The molecule has 0 amide bonds. The number of aliphatic hydroxyl groups excluding tert-OH is 1. The zero-order valence-corrected chi connectivity index (χ0v) is 10.4. The molecule has 1 N–H and O–H groups in total. The minimum absolute atomic E-state index is 0.0981. The van der Waals surface area contributed by atoms with Crippen LogP contribution < -0.4 is 0 Å². The number of rotatable bonds is 3. The van der Waals surface area contributed by atoms with Crippen molar-refractivity contribution in [3.8, 4) is 0 Å². The van der Waals surface area contributed by atoms with Gasteiger partial charge in [0.15, 0.2) is 0 Å². The molecule has 0 saturated heterocycles. The SMILES string of the molecule is C[C@@H](O)CCc1cc(C(C)(C)C)nn1C. The van der Waals surface area contributed by atoms with Gasteiger partial charge in [0.25, 0.3) is 0 Å². The van der Waals surface area contributed by atoms with Crippen LogP contribution in [0.5, 0.6) is 0 Å². The van der Waals surface area contributed by atoms with Gasteiger partial charge in [0.2, 0.25) is 0 Å². The molecule has 1 aromatic rings. The molecule has 15 heavy (non-hydrogen) atoms. The van der Waals surface area contributed by atoms with E-state index in [1.54, 1.807) is 0 Å². The lowest BCUT2D eigenvalue weighted by molar-refractivity contribution is 0.184. The van der Waals surface area contributed by atoms with Gasteiger partial charge in [-0.15, -0.1) is 0 Å². The summed E-state index contributed by atoms with van der Waals surface area (Å²) in [6.45, 7) is 8.30. The highest BCUT2D eigenvalue weighted by molar-refractivity contribution is 5.17. The van der Waals surface area contributed by atoms with E-state index in [0.717, 1.165) is 18.5 Å². The predicted octanol–water partition coefficient (Wildman–Crippen LogP) is 2.03. The van der Waals surface area contributed by atoms with Gasteiger partial charge in [0, 0.05) is 18.2 Å². The maximum atomic E-state index is 9.24. The summed E-state index contributed by atoms with van der Waals surface area (Å²) in [6, 6.07) is 2.14. The highest BCUT2D eigenvalue weighted by Gasteiger charge is 2.18. The molecular formula is C12H22N2O. The Bertz CT molecular complexity index is 321. The van der Waals surface area contributed by atoms with Crippen molar-refractivity contribution >= 4 is 0 Å². The largest absolute Gasteiger partial charge is 0.393 e. The first-order chi connectivity index (χ1) is 6.80. The third-order valence-electron chi connectivity index (χ3n) is 2.56. The standard InChI is InChI=1S/C12H22N2O/c1-9(15)6-7-10-8-11(12(2,3)4)13-14(10)5/h8-9,15H,6-7H2,1-5H3/t9-/m1/s1. The van der Waals surface area contributed by atoms with E-state index in [1.807, 2.05) is 18.7 Å². The topological polar surface area (TPSA) is 38.1 Å². The minimum atomic E-state index is -0.238. The zero-order valence-electron chi connectivity index (χ0n) is 10.4. The predicted molar refractivity (Wildman–Crippen MR) is 61.9 cm³/mol. The Morgan fingerprint density at radius 2 is 2.07 bits per heavy atom. The summed E-state index contributed by atoms with van der Waals surface area (Å²) in [5.41, 5.74) is 2.41. The molecular weight excluding hydrogens is 188 g/mol. The minimum Gasteiger partial charge on any atom is -0.393 e. The molecule has 0 spiro atoms. The first-order valence-corrected chi connectivity index (χ1v) is 5.52. The van der Waals surface area contributed by atoms with Crippen LogP contribution in [-0.4, -0.2) is 21.0 Å². The van der Waals surface area contributed by atoms with Gasteiger partial charge in [0.1, 0.15) is 0 Å². The van der Waals surface area contributed by atoms with E-state index in [1.165, 1.54) is 5.69 Å². The molecule has 3 heteroatoms. The van der Waals surface area contributed by atoms with Gasteiger partial charge < -0.3 is 5.11 Å². The van der Waals surface area contributed by atoms with Gasteiger partial charge in [0.05, 0.1) is 11.8 Å². The van der Waals surface area contributed by atoms with Crippen molar-refractivity contribution in [3.63, 3.8) is 0 Å². The van der Waals surface area contributed by atoms with Crippen molar-refractivity contribution in [3.05, 3.63) is 17.5 Å². The van der Waals surface area contributed by atoms with Crippen molar-refractivity contribution < 1.29 is 5.11 Å². The Morgan fingerprint density at radius 3 is 2.47 bits per heavy atom. The second-order valence-electron chi connectivity index (χ2n) is 5.28. The van der Waals surface area contributed by atoms with E-state index in [2.05, 4.69) is 31.9 Å².